The second kappa shape index (κ2) is 5.01. The van der Waals surface area contributed by atoms with Gasteiger partial charge in [0.15, 0.2) is 5.69 Å². The molecule has 1 aromatic rings. The second-order valence-corrected chi connectivity index (χ2v) is 3.11. The topological polar surface area (TPSA) is 36.7 Å². The third-order valence-corrected chi connectivity index (χ3v) is 2.05. The van der Waals surface area contributed by atoms with Crippen LogP contribution in [0.15, 0.2) is 24.3 Å². The van der Waals surface area contributed by atoms with Crippen molar-refractivity contribution in [3.63, 3.8) is 0 Å². The van der Waals surface area contributed by atoms with E-state index in [4.69, 9.17) is 6.57 Å². The molecule has 15 heavy (non-hydrogen) atoms. The lowest BCUT2D eigenvalue weighted by molar-refractivity contribution is 0.224. The summed E-state index contributed by atoms with van der Waals surface area (Å²) in [4.78, 5) is 16.3. The zero-order valence-corrected chi connectivity index (χ0v) is 8.82. The quantitative estimate of drug-likeness (QED) is 0.737. The van der Waals surface area contributed by atoms with Crippen molar-refractivity contribution < 1.29 is 4.79 Å². The van der Waals surface area contributed by atoms with Crippen LogP contribution in [0.1, 0.15) is 6.92 Å². The number of hydrogen-bond donors (Lipinski definition) is 1. The molecule has 0 radical (unpaired) electrons. The van der Waals surface area contributed by atoms with Gasteiger partial charge in [0.2, 0.25) is 0 Å². The highest BCUT2D eigenvalue weighted by Gasteiger charge is 2.05. The lowest BCUT2D eigenvalue weighted by Crippen LogP contribution is -2.30. The van der Waals surface area contributed by atoms with Crippen molar-refractivity contribution in [2.24, 2.45) is 0 Å². The van der Waals surface area contributed by atoms with E-state index in [9.17, 15) is 4.79 Å². The van der Waals surface area contributed by atoms with Gasteiger partial charge in [-0.05, 0) is 19.1 Å². The Morgan fingerprint density at radius 3 is 2.93 bits per heavy atom. The van der Waals surface area contributed by atoms with Gasteiger partial charge in [0.05, 0.1) is 6.57 Å². The minimum Gasteiger partial charge on any atom is -0.328 e. The van der Waals surface area contributed by atoms with Crippen LogP contribution < -0.4 is 5.32 Å². The number of nitrogens with zero attached hydrogens (tertiary/aromatic N) is 2. The fourth-order valence-electron chi connectivity index (χ4n) is 1.02. The largest absolute Gasteiger partial charge is 0.328 e. The van der Waals surface area contributed by atoms with Crippen molar-refractivity contribution in [2.45, 2.75) is 6.92 Å². The molecule has 0 aliphatic carbocycles. The summed E-state index contributed by atoms with van der Waals surface area (Å²) in [5.41, 5.74) is 1.17. The first kappa shape index (κ1) is 11.1. The highest BCUT2D eigenvalue weighted by atomic mass is 16.2. The predicted octanol–water partition coefficient (Wildman–Crippen LogP) is 2.72. The zero-order valence-electron chi connectivity index (χ0n) is 8.82. The monoisotopic (exact) mass is 203 g/mol. The minimum atomic E-state index is -0.167. The van der Waals surface area contributed by atoms with Crippen LogP contribution in [0.5, 0.6) is 0 Å². The van der Waals surface area contributed by atoms with Crippen LogP contribution in [0.2, 0.25) is 0 Å². The smallest absolute Gasteiger partial charge is 0.321 e. The Kier molecular flexibility index (Phi) is 3.69. The van der Waals surface area contributed by atoms with Crippen LogP contribution in [-0.4, -0.2) is 24.5 Å². The number of carbonyl (C=O) groups is 1. The van der Waals surface area contributed by atoms with E-state index in [0.29, 0.717) is 17.9 Å². The SMILES string of the molecule is [C-]#[N+]c1cccc(NC(=O)N(C)CC)c1. The molecule has 0 saturated carbocycles. The summed E-state index contributed by atoms with van der Waals surface area (Å²) in [5.74, 6) is 0. The number of amides is 2. The molecule has 1 aromatic carbocycles. The maximum atomic E-state index is 11.5. The number of carbonyl (C=O) groups excluding carboxylic acids is 1. The van der Waals surface area contributed by atoms with E-state index in [0.717, 1.165) is 0 Å². The maximum absolute atomic E-state index is 11.5. The van der Waals surface area contributed by atoms with E-state index in [1.54, 1.807) is 36.2 Å². The minimum absolute atomic E-state index is 0.167. The number of hydrogen-bond acceptors (Lipinski definition) is 1. The van der Waals surface area contributed by atoms with E-state index < -0.39 is 0 Å². The third-order valence-electron chi connectivity index (χ3n) is 2.05. The van der Waals surface area contributed by atoms with E-state index >= 15 is 0 Å². The number of nitrogens with one attached hydrogen (secondary N) is 1. The number of rotatable bonds is 2. The molecule has 4 heteroatoms. The van der Waals surface area contributed by atoms with E-state index in [1.807, 2.05) is 6.92 Å². The third kappa shape index (κ3) is 2.99. The Morgan fingerprint density at radius 2 is 2.33 bits per heavy atom. The molecule has 0 atom stereocenters. The van der Waals surface area contributed by atoms with Gasteiger partial charge in [-0.1, -0.05) is 12.1 Å². The Bertz CT molecular complexity index is 395. The maximum Gasteiger partial charge on any atom is 0.321 e. The molecule has 1 N–H and O–H groups in total. The van der Waals surface area contributed by atoms with Gasteiger partial charge in [-0.25, -0.2) is 9.64 Å². The van der Waals surface area contributed by atoms with Gasteiger partial charge in [-0.3, -0.25) is 0 Å². The van der Waals surface area contributed by atoms with Gasteiger partial charge >= 0.3 is 6.03 Å². The normalized spacial score (nSPS) is 9.13. The molecule has 0 fully saturated rings. The van der Waals surface area contributed by atoms with Crippen LogP contribution in [-0.2, 0) is 0 Å². The fraction of sp³-hybridized carbons (Fsp3) is 0.273. The molecule has 2 amide bonds. The molecular weight excluding hydrogens is 190 g/mol. The summed E-state index contributed by atoms with van der Waals surface area (Å²) in [6.07, 6.45) is 0. The van der Waals surface area contributed by atoms with Crippen molar-refractivity contribution in [1.29, 1.82) is 0 Å². The standard InChI is InChI=1S/C11H13N3O/c1-4-14(3)11(15)13-10-7-5-6-9(8-10)12-2/h5-8H,4H2,1,3H3,(H,13,15). The first-order valence-electron chi connectivity index (χ1n) is 4.67. The lowest BCUT2D eigenvalue weighted by Gasteiger charge is -2.15. The zero-order chi connectivity index (χ0) is 11.3. The van der Waals surface area contributed by atoms with Crippen molar-refractivity contribution in [1.82, 2.24) is 4.90 Å². The second-order valence-electron chi connectivity index (χ2n) is 3.11. The Hall–Kier alpha value is -2.02. The molecule has 0 saturated heterocycles. The summed E-state index contributed by atoms with van der Waals surface area (Å²) in [6, 6.07) is 6.69. The molecule has 78 valence electrons. The number of benzene rings is 1. The van der Waals surface area contributed by atoms with Crippen LogP contribution in [0.4, 0.5) is 16.2 Å². The molecule has 0 bridgehead atoms. The molecule has 4 nitrogen and oxygen atoms in total. The van der Waals surface area contributed by atoms with E-state index in [2.05, 4.69) is 10.2 Å². The molecule has 0 spiro atoms. The van der Waals surface area contributed by atoms with Crippen molar-refractivity contribution in [3.8, 4) is 0 Å². The summed E-state index contributed by atoms with van der Waals surface area (Å²) in [5, 5.41) is 2.71. The average molecular weight is 203 g/mol. The van der Waals surface area contributed by atoms with Gasteiger partial charge in [-0.2, -0.15) is 0 Å². The fourth-order valence-corrected chi connectivity index (χ4v) is 1.02. The molecule has 0 aromatic heterocycles. The number of anilines is 1. The molecule has 1 rings (SSSR count). The molecule has 0 unspecified atom stereocenters. The van der Waals surface area contributed by atoms with Gasteiger partial charge in [-0.15, -0.1) is 0 Å². The van der Waals surface area contributed by atoms with Crippen molar-refractivity contribution in [2.75, 3.05) is 18.9 Å². The molecule has 0 aliphatic rings. The summed E-state index contributed by atoms with van der Waals surface area (Å²) in [7, 11) is 1.72. The van der Waals surface area contributed by atoms with Crippen molar-refractivity contribution >= 4 is 17.4 Å². The molecular formula is C11H13N3O. The highest BCUT2D eigenvalue weighted by molar-refractivity contribution is 5.89. The van der Waals surface area contributed by atoms with Crippen LogP contribution >= 0.6 is 0 Å². The molecule has 0 heterocycles. The van der Waals surface area contributed by atoms with Crippen LogP contribution in [0, 0.1) is 6.57 Å². The van der Waals surface area contributed by atoms with Crippen molar-refractivity contribution in [3.05, 3.63) is 35.7 Å². The lowest BCUT2D eigenvalue weighted by atomic mass is 10.3. The van der Waals surface area contributed by atoms with Gasteiger partial charge in [0, 0.05) is 19.3 Å². The predicted molar refractivity (Wildman–Crippen MR) is 60.0 cm³/mol. The van der Waals surface area contributed by atoms with E-state index in [1.165, 1.54) is 0 Å². The van der Waals surface area contributed by atoms with Gasteiger partial charge in [0.25, 0.3) is 0 Å². The Labute approximate surface area is 89.3 Å². The Morgan fingerprint density at radius 1 is 1.60 bits per heavy atom. The first-order valence-corrected chi connectivity index (χ1v) is 4.67. The van der Waals surface area contributed by atoms with E-state index in [-0.39, 0.29) is 6.03 Å². The number of urea groups is 1. The Balaban J connectivity index is 2.73. The summed E-state index contributed by atoms with van der Waals surface area (Å²) < 4.78 is 0. The van der Waals surface area contributed by atoms with Gasteiger partial charge in [0.1, 0.15) is 0 Å². The van der Waals surface area contributed by atoms with Crippen LogP contribution in [0.25, 0.3) is 4.85 Å². The summed E-state index contributed by atoms with van der Waals surface area (Å²) in [6.45, 7) is 9.39. The highest BCUT2D eigenvalue weighted by Crippen LogP contribution is 2.17. The molecule has 0 aliphatic heterocycles. The first-order chi connectivity index (χ1) is 7.17. The van der Waals surface area contributed by atoms with Crippen LogP contribution in [0.3, 0.4) is 0 Å². The summed E-state index contributed by atoms with van der Waals surface area (Å²) >= 11 is 0. The average Bonchev–Trinajstić information content (AvgIpc) is 2.28. The van der Waals surface area contributed by atoms with Gasteiger partial charge < -0.3 is 10.2 Å².